The van der Waals surface area contributed by atoms with Gasteiger partial charge < -0.3 is 5.11 Å². The molecule has 1 N–H and O–H groups in total. The number of carboxylic acid groups (broad SMARTS) is 1. The van der Waals surface area contributed by atoms with Crippen molar-refractivity contribution < 1.29 is 9.90 Å². The highest BCUT2D eigenvalue weighted by Gasteiger charge is 2.30. The molecule has 1 aliphatic heterocycles. The van der Waals surface area contributed by atoms with E-state index in [1.165, 1.54) is 11.1 Å². The minimum Gasteiger partial charge on any atom is -0.481 e. The van der Waals surface area contributed by atoms with Crippen LogP contribution in [0.3, 0.4) is 0 Å². The third kappa shape index (κ3) is 2.91. The molecular weight excluding hydrogens is 226 g/mol. The van der Waals surface area contributed by atoms with Gasteiger partial charge in [0.25, 0.3) is 0 Å². The molecule has 1 heterocycles. The highest BCUT2D eigenvalue weighted by atomic mass is 16.4. The highest BCUT2D eigenvalue weighted by Crippen LogP contribution is 2.33. The summed E-state index contributed by atoms with van der Waals surface area (Å²) in [6.07, 6.45) is 1.37. The topological polar surface area (TPSA) is 40.5 Å². The van der Waals surface area contributed by atoms with Crippen molar-refractivity contribution in [1.29, 1.82) is 0 Å². The van der Waals surface area contributed by atoms with Crippen LogP contribution in [0.5, 0.6) is 0 Å². The van der Waals surface area contributed by atoms with E-state index in [1.54, 1.807) is 0 Å². The van der Waals surface area contributed by atoms with Gasteiger partial charge in [-0.3, -0.25) is 9.69 Å². The Kier molecular flexibility index (Phi) is 4.02. The summed E-state index contributed by atoms with van der Waals surface area (Å²) in [6.45, 7) is 6.00. The van der Waals surface area contributed by atoms with E-state index in [0.29, 0.717) is 18.5 Å². The summed E-state index contributed by atoms with van der Waals surface area (Å²) in [6, 6.07) is 8.99. The summed E-state index contributed by atoms with van der Waals surface area (Å²) in [4.78, 5) is 12.9. The first-order valence-electron chi connectivity index (χ1n) is 6.59. The maximum absolute atomic E-state index is 10.6. The van der Waals surface area contributed by atoms with Crippen molar-refractivity contribution in [2.24, 2.45) is 0 Å². The molecule has 0 unspecified atom stereocenters. The fraction of sp³-hybridized carbons (Fsp3) is 0.533. The molecule has 18 heavy (non-hydrogen) atoms. The van der Waals surface area contributed by atoms with Crippen LogP contribution in [0.4, 0.5) is 0 Å². The van der Waals surface area contributed by atoms with Crippen LogP contribution in [0.2, 0.25) is 0 Å². The SMILES string of the molecule is Cc1ccccc1[C@@H]1C[C@H](C)N(CCC(=O)O)C1. The third-order valence-electron chi connectivity index (χ3n) is 3.95. The van der Waals surface area contributed by atoms with E-state index < -0.39 is 5.97 Å². The average molecular weight is 247 g/mol. The normalized spacial score (nSPS) is 24.3. The van der Waals surface area contributed by atoms with E-state index in [1.807, 2.05) is 0 Å². The molecule has 0 spiro atoms. The summed E-state index contributed by atoms with van der Waals surface area (Å²) in [5.41, 5.74) is 2.76. The molecule has 0 bridgehead atoms. The fourth-order valence-electron chi connectivity index (χ4n) is 2.92. The van der Waals surface area contributed by atoms with E-state index in [-0.39, 0.29) is 6.42 Å². The molecule has 2 rings (SSSR count). The number of benzene rings is 1. The number of carbonyl (C=O) groups is 1. The number of aliphatic carboxylic acids is 1. The summed E-state index contributed by atoms with van der Waals surface area (Å²) < 4.78 is 0. The summed E-state index contributed by atoms with van der Waals surface area (Å²) >= 11 is 0. The van der Waals surface area contributed by atoms with Crippen LogP contribution < -0.4 is 0 Å². The zero-order valence-corrected chi connectivity index (χ0v) is 11.1. The quantitative estimate of drug-likeness (QED) is 0.889. The average Bonchev–Trinajstić information content (AvgIpc) is 2.68. The van der Waals surface area contributed by atoms with Crippen molar-refractivity contribution in [3.05, 3.63) is 35.4 Å². The van der Waals surface area contributed by atoms with Crippen LogP contribution in [0.1, 0.15) is 36.8 Å². The zero-order chi connectivity index (χ0) is 13.1. The van der Waals surface area contributed by atoms with Crippen molar-refractivity contribution in [3.8, 4) is 0 Å². The van der Waals surface area contributed by atoms with Gasteiger partial charge in [0, 0.05) is 19.1 Å². The Balaban J connectivity index is 2.02. The Bertz CT molecular complexity index is 430. The number of nitrogens with zero attached hydrogens (tertiary/aromatic N) is 1. The maximum Gasteiger partial charge on any atom is 0.304 e. The van der Waals surface area contributed by atoms with Gasteiger partial charge >= 0.3 is 5.97 Å². The molecule has 1 aromatic rings. The van der Waals surface area contributed by atoms with E-state index in [9.17, 15) is 4.79 Å². The summed E-state index contributed by atoms with van der Waals surface area (Å²) in [7, 11) is 0. The molecule has 0 amide bonds. The van der Waals surface area contributed by atoms with E-state index in [4.69, 9.17) is 5.11 Å². The second kappa shape index (κ2) is 5.53. The fourth-order valence-corrected chi connectivity index (χ4v) is 2.92. The zero-order valence-electron chi connectivity index (χ0n) is 11.1. The van der Waals surface area contributed by atoms with Gasteiger partial charge in [-0.15, -0.1) is 0 Å². The molecular formula is C15H21NO2. The number of hydrogen-bond donors (Lipinski definition) is 1. The van der Waals surface area contributed by atoms with Crippen LogP contribution >= 0.6 is 0 Å². The first-order valence-corrected chi connectivity index (χ1v) is 6.59. The van der Waals surface area contributed by atoms with Crippen LogP contribution in [0.15, 0.2) is 24.3 Å². The van der Waals surface area contributed by atoms with Crippen molar-refractivity contribution in [2.75, 3.05) is 13.1 Å². The lowest BCUT2D eigenvalue weighted by Gasteiger charge is -2.19. The minimum atomic E-state index is -0.707. The lowest BCUT2D eigenvalue weighted by Crippen LogP contribution is -2.29. The van der Waals surface area contributed by atoms with Crippen molar-refractivity contribution in [1.82, 2.24) is 4.90 Å². The van der Waals surface area contributed by atoms with E-state index in [2.05, 4.69) is 43.0 Å². The Hall–Kier alpha value is -1.35. The van der Waals surface area contributed by atoms with E-state index >= 15 is 0 Å². The lowest BCUT2D eigenvalue weighted by atomic mass is 9.93. The maximum atomic E-state index is 10.6. The molecule has 3 nitrogen and oxygen atoms in total. The first-order chi connectivity index (χ1) is 8.58. The Morgan fingerprint density at radius 1 is 1.44 bits per heavy atom. The monoisotopic (exact) mass is 247 g/mol. The predicted molar refractivity (Wildman–Crippen MR) is 71.8 cm³/mol. The lowest BCUT2D eigenvalue weighted by molar-refractivity contribution is -0.137. The largest absolute Gasteiger partial charge is 0.481 e. The van der Waals surface area contributed by atoms with Crippen LogP contribution in [0.25, 0.3) is 0 Å². The minimum absolute atomic E-state index is 0.241. The molecule has 0 aliphatic carbocycles. The van der Waals surface area contributed by atoms with Gasteiger partial charge in [0.15, 0.2) is 0 Å². The molecule has 0 aromatic heterocycles. The van der Waals surface area contributed by atoms with Gasteiger partial charge in [-0.25, -0.2) is 0 Å². The molecule has 1 fully saturated rings. The Morgan fingerprint density at radius 2 is 2.17 bits per heavy atom. The van der Waals surface area contributed by atoms with Crippen molar-refractivity contribution >= 4 is 5.97 Å². The first kappa shape index (κ1) is 13.1. The molecule has 1 aliphatic rings. The van der Waals surface area contributed by atoms with Gasteiger partial charge in [-0.1, -0.05) is 24.3 Å². The van der Waals surface area contributed by atoms with Crippen LogP contribution in [-0.4, -0.2) is 35.1 Å². The second-order valence-electron chi connectivity index (χ2n) is 5.28. The molecule has 0 saturated carbocycles. The Morgan fingerprint density at radius 3 is 2.83 bits per heavy atom. The number of rotatable bonds is 4. The Labute approximate surface area is 108 Å². The number of hydrogen-bond acceptors (Lipinski definition) is 2. The second-order valence-corrected chi connectivity index (χ2v) is 5.28. The standard InChI is InChI=1S/C15H21NO2/c1-11-5-3-4-6-14(11)13-9-12(2)16(10-13)8-7-15(17)18/h3-6,12-13H,7-10H2,1-2H3,(H,17,18)/t12-,13+/m0/s1. The molecule has 2 atom stereocenters. The van der Waals surface area contributed by atoms with Crippen molar-refractivity contribution in [2.45, 2.75) is 38.6 Å². The molecule has 1 aromatic carbocycles. The van der Waals surface area contributed by atoms with Crippen LogP contribution in [-0.2, 0) is 4.79 Å². The van der Waals surface area contributed by atoms with E-state index in [0.717, 1.165) is 13.0 Å². The van der Waals surface area contributed by atoms with Gasteiger partial charge in [0.2, 0.25) is 0 Å². The van der Waals surface area contributed by atoms with Gasteiger partial charge in [0.05, 0.1) is 6.42 Å². The highest BCUT2D eigenvalue weighted by molar-refractivity contribution is 5.66. The molecule has 98 valence electrons. The number of aryl methyl sites for hydroxylation is 1. The van der Waals surface area contributed by atoms with Crippen LogP contribution in [0, 0.1) is 6.92 Å². The predicted octanol–water partition coefficient (Wildman–Crippen LogP) is 2.65. The van der Waals surface area contributed by atoms with Gasteiger partial charge in [-0.05, 0) is 37.3 Å². The molecule has 0 radical (unpaired) electrons. The summed E-state index contributed by atoms with van der Waals surface area (Å²) in [5.74, 6) is -0.156. The molecule has 3 heteroatoms. The molecule has 1 saturated heterocycles. The number of carboxylic acids is 1. The number of likely N-dealkylation sites (tertiary alicyclic amines) is 1. The van der Waals surface area contributed by atoms with Crippen molar-refractivity contribution in [3.63, 3.8) is 0 Å². The smallest absolute Gasteiger partial charge is 0.304 e. The summed E-state index contributed by atoms with van der Waals surface area (Å²) in [5, 5.41) is 8.76. The van der Waals surface area contributed by atoms with Gasteiger partial charge in [-0.2, -0.15) is 0 Å². The third-order valence-corrected chi connectivity index (χ3v) is 3.95. The van der Waals surface area contributed by atoms with Gasteiger partial charge in [0.1, 0.15) is 0 Å².